The van der Waals surface area contributed by atoms with Crippen molar-refractivity contribution in [2.75, 3.05) is 27.7 Å². The van der Waals surface area contributed by atoms with Crippen LogP contribution in [0, 0.1) is 0 Å². The summed E-state index contributed by atoms with van der Waals surface area (Å²) in [6.45, 7) is 2.31. The van der Waals surface area contributed by atoms with Crippen molar-refractivity contribution in [3.05, 3.63) is 24.3 Å². The molecular weight excluding hydrogens is 433 g/mol. The normalized spacial score (nSPS) is 15.0. The standard InChI is InChI=1S/C27H54NO4P/c1-5-6-7-8-9-10-11-12-13-14-15-16-17-18-19-20-21-22-23-24-25-27(29,33(30,31)32)26-28(2,3)4/h12-13,20-21,29H,5-11,14-19,22-26H2,1-4H3,(H-,30,31,32)/p+1/b13-12-,21-20-. The third-order valence-corrected chi connectivity index (χ3v) is 7.47. The van der Waals surface area contributed by atoms with E-state index >= 15 is 0 Å². The van der Waals surface area contributed by atoms with Crippen molar-refractivity contribution in [2.24, 2.45) is 0 Å². The number of aliphatic hydroxyl groups is 1. The highest BCUT2D eigenvalue weighted by atomic mass is 31.2. The second-order valence-corrected chi connectivity index (χ2v) is 12.6. The smallest absolute Gasteiger partial charge is 0.362 e. The molecule has 0 spiro atoms. The van der Waals surface area contributed by atoms with E-state index in [0.717, 1.165) is 19.3 Å². The van der Waals surface area contributed by atoms with Crippen molar-refractivity contribution in [2.45, 2.75) is 121 Å². The molecule has 1 unspecified atom stereocenters. The molecule has 0 aromatic carbocycles. The lowest BCUT2D eigenvalue weighted by molar-refractivity contribution is -0.875. The highest BCUT2D eigenvalue weighted by Gasteiger charge is 2.48. The van der Waals surface area contributed by atoms with E-state index in [-0.39, 0.29) is 13.0 Å². The third kappa shape index (κ3) is 19.5. The number of quaternary nitrogens is 1. The van der Waals surface area contributed by atoms with Gasteiger partial charge in [-0.3, -0.25) is 4.57 Å². The van der Waals surface area contributed by atoms with Gasteiger partial charge < -0.3 is 19.4 Å². The maximum Gasteiger partial charge on any atom is 0.362 e. The Labute approximate surface area is 205 Å². The maximum absolute atomic E-state index is 11.8. The Balaban J connectivity index is 3.66. The van der Waals surface area contributed by atoms with Crippen LogP contribution in [-0.4, -0.2) is 52.4 Å². The van der Waals surface area contributed by atoms with Gasteiger partial charge in [-0.05, 0) is 64.2 Å². The van der Waals surface area contributed by atoms with E-state index in [2.05, 4.69) is 31.2 Å². The first-order valence-corrected chi connectivity index (χ1v) is 15.0. The molecule has 1 atom stereocenters. The van der Waals surface area contributed by atoms with Gasteiger partial charge in [0.15, 0.2) is 0 Å². The second-order valence-electron chi connectivity index (χ2n) is 10.7. The summed E-state index contributed by atoms with van der Waals surface area (Å²) in [7, 11) is 0.931. The first kappa shape index (κ1) is 32.5. The van der Waals surface area contributed by atoms with Crippen molar-refractivity contribution in [1.82, 2.24) is 0 Å². The Morgan fingerprint density at radius 1 is 0.667 bits per heavy atom. The van der Waals surface area contributed by atoms with Gasteiger partial charge in [-0.2, -0.15) is 0 Å². The summed E-state index contributed by atoms with van der Waals surface area (Å²) in [5.74, 6) is 0. The van der Waals surface area contributed by atoms with Crippen molar-refractivity contribution in [3.8, 4) is 0 Å². The van der Waals surface area contributed by atoms with Crippen LogP contribution in [-0.2, 0) is 4.57 Å². The molecule has 6 heteroatoms. The van der Waals surface area contributed by atoms with Gasteiger partial charge in [0.05, 0.1) is 21.1 Å². The summed E-state index contributed by atoms with van der Waals surface area (Å²) in [6.07, 6.45) is 28.4. The molecular formula is C27H55NO4P+. The summed E-state index contributed by atoms with van der Waals surface area (Å²) in [5, 5.41) is 8.60. The van der Waals surface area contributed by atoms with E-state index in [1.165, 1.54) is 77.0 Å². The van der Waals surface area contributed by atoms with Crippen molar-refractivity contribution >= 4 is 7.60 Å². The number of allylic oxidation sites excluding steroid dienone is 4. The zero-order valence-electron chi connectivity index (χ0n) is 22.2. The monoisotopic (exact) mass is 488 g/mol. The molecule has 0 aliphatic rings. The summed E-state index contributed by atoms with van der Waals surface area (Å²) in [4.78, 5) is 19.2. The molecule has 5 nitrogen and oxygen atoms in total. The fourth-order valence-electron chi connectivity index (χ4n) is 4.14. The zero-order valence-corrected chi connectivity index (χ0v) is 23.1. The molecule has 0 rings (SSSR count). The van der Waals surface area contributed by atoms with Crippen LogP contribution < -0.4 is 0 Å². The highest BCUT2D eigenvalue weighted by Crippen LogP contribution is 2.52. The van der Waals surface area contributed by atoms with Gasteiger partial charge in [0.1, 0.15) is 6.54 Å². The quantitative estimate of drug-likeness (QED) is 0.0645. The molecule has 0 saturated carbocycles. The van der Waals surface area contributed by atoms with Crippen LogP contribution in [0.25, 0.3) is 0 Å². The number of rotatable bonds is 22. The zero-order chi connectivity index (χ0) is 25.1. The number of unbranched alkanes of at least 4 members (excludes halogenated alkanes) is 13. The predicted octanol–water partition coefficient (Wildman–Crippen LogP) is 7.32. The van der Waals surface area contributed by atoms with Crippen molar-refractivity contribution in [3.63, 3.8) is 0 Å². The molecule has 0 radical (unpaired) electrons. The average Bonchev–Trinajstić information content (AvgIpc) is 2.70. The van der Waals surface area contributed by atoms with Gasteiger partial charge >= 0.3 is 7.60 Å². The molecule has 0 heterocycles. The van der Waals surface area contributed by atoms with Gasteiger partial charge in [-0.25, -0.2) is 0 Å². The SMILES string of the molecule is CCCCCCCC/C=C\CCCCCC/C=C\CCCCC(O)(C[N+](C)(C)C)P(=O)(O)O. The molecule has 3 N–H and O–H groups in total. The van der Waals surface area contributed by atoms with E-state index in [4.69, 9.17) is 0 Å². The van der Waals surface area contributed by atoms with Crippen LogP contribution in [0.3, 0.4) is 0 Å². The molecule has 0 aromatic rings. The average molecular weight is 489 g/mol. The second kappa shape index (κ2) is 18.8. The van der Waals surface area contributed by atoms with Gasteiger partial charge in [0.2, 0.25) is 5.34 Å². The lowest BCUT2D eigenvalue weighted by atomic mass is 10.1. The van der Waals surface area contributed by atoms with Gasteiger partial charge in [-0.15, -0.1) is 0 Å². The van der Waals surface area contributed by atoms with Crippen LogP contribution in [0.2, 0.25) is 0 Å². The van der Waals surface area contributed by atoms with Crippen LogP contribution in [0.5, 0.6) is 0 Å². The molecule has 33 heavy (non-hydrogen) atoms. The lowest BCUT2D eigenvalue weighted by Gasteiger charge is -2.35. The Morgan fingerprint density at radius 2 is 1.03 bits per heavy atom. The molecule has 196 valence electrons. The third-order valence-electron chi connectivity index (χ3n) is 6.02. The Bertz CT molecular complexity index is 565. The summed E-state index contributed by atoms with van der Waals surface area (Å²) in [5.41, 5.74) is 0. The number of likely N-dealkylation sites (N-methyl/N-ethyl adjacent to an activating group) is 1. The van der Waals surface area contributed by atoms with Gasteiger partial charge in [0.25, 0.3) is 0 Å². The van der Waals surface area contributed by atoms with Crippen LogP contribution >= 0.6 is 7.60 Å². The number of nitrogens with zero attached hydrogens (tertiary/aromatic N) is 1. The highest BCUT2D eigenvalue weighted by molar-refractivity contribution is 7.53. The Hall–Kier alpha value is -0.450. The summed E-state index contributed by atoms with van der Waals surface area (Å²) in [6, 6.07) is 0. The Morgan fingerprint density at radius 3 is 1.39 bits per heavy atom. The van der Waals surface area contributed by atoms with E-state index in [0.29, 0.717) is 10.9 Å². The Kier molecular flexibility index (Phi) is 18.6. The fraction of sp³-hybridized carbons (Fsp3) is 0.852. The number of hydrogen-bond donors (Lipinski definition) is 3. The minimum atomic E-state index is -4.56. The first-order valence-electron chi connectivity index (χ1n) is 13.4. The van der Waals surface area contributed by atoms with E-state index < -0.39 is 12.9 Å². The largest absolute Gasteiger partial charge is 0.373 e. The molecule has 0 aromatic heterocycles. The molecule has 0 aliphatic carbocycles. The topological polar surface area (TPSA) is 77.8 Å². The van der Waals surface area contributed by atoms with E-state index in [1.807, 2.05) is 21.1 Å². The fourth-order valence-corrected chi connectivity index (χ4v) is 5.20. The van der Waals surface area contributed by atoms with Gasteiger partial charge in [0, 0.05) is 0 Å². The lowest BCUT2D eigenvalue weighted by Crippen LogP contribution is -2.49. The number of hydrogen-bond acceptors (Lipinski definition) is 2. The molecule has 0 aliphatic heterocycles. The molecule has 0 amide bonds. The summed E-state index contributed by atoms with van der Waals surface area (Å²) >= 11 is 0. The minimum Gasteiger partial charge on any atom is -0.373 e. The van der Waals surface area contributed by atoms with Gasteiger partial charge in [-0.1, -0.05) is 76.2 Å². The maximum atomic E-state index is 11.8. The van der Waals surface area contributed by atoms with Crippen LogP contribution in [0.4, 0.5) is 0 Å². The van der Waals surface area contributed by atoms with Crippen LogP contribution in [0.15, 0.2) is 24.3 Å². The van der Waals surface area contributed by atoms with Crippen LogP contribution in [0.1, 0.15) is 116 Å². The minimum absolute atomic E-state index is 0.0437. The predicted molar refractivity (Wildman–Crippen MR) is 142 cm³/mol. The molecule has 0 fully saturated rings. The van der Waals surface area contributed by atoms with Crippen molar-refractivity contribution < 1.29 is 23.9 Å². The van der Waals surface area contributed by atoms with E-state index in [1.54, 1.807) is 0 Å². The molecule has 0 saturated heterocycles. The molecule has 0 bridgehead atoms. The summed E-state index contributed by atoms with van der Waals surface area (Å²) < 4.78 is 12.1. The van der Waals surface area contributed by atoms with Crippen molar-refractivity contribution in [1.29, 1.82) is 0 Å². The first-order chi connectivity index (χ1) is 15.5. The van der Waals surface area contributed by atoms with E-state index in [9.17, 15) is 19.5 Å².